The van der Waals surface area contributed by atoms with Crippen LogP contribution in [0.3, 0.4) is 0 Å². The van der Waals surface area contributed by atoms with Crippen LogP contribution in [0.4, 0.5) is 0 Å². The maximum atomic E-state index is 11.5. The van der Waals surface area contributed by atoms with Crippen LogP contribution in [0.1, 0.15) is 19.3 Å². The lowest BCUT2D eigenvalue weighted by Gasteiger charge is -2.16. The van der Waals surface area contributed by atoms with Crippen LogP contribution in [0, 0.1) is 0 Å². The lowest BCUT2D eigenvalue weighted by molar-refractivity contribution is -0.129. The van der Waals surface area contributed by atoms with Gasteiger partial charge in [-0.3, -0.25) is 4.79 Å². The van der Waals surface area contributed by atoms with Crippen molar-refractivity contribution in [1.29, 1.82) is 0 Å². The summed E-state index contributed by atoms with van der Waals surface area (Å²) in [4.78, 5) is 13.4. The third-order valence-electron chi connectivity index (χ3n) is 2.41. The predicted molar refractivity (Wildman–Crippen MR) is 61.7 cm³/mol. The fraction of sp³-hybridized carbons (Fsp3) is 0.900. The molecule has 0 aromatic rings. The van der Waals surface area contributed by atoms with E-state index in [4.69, 9.17) is 0 Å². The van der Waals surface area contributed by atoms with Crippen LogP contribution in [-0.2, 0) is 4.79 Å². The molecule has 1 amide bonds. The van der Waals surface area contributed by atoms with Gasteiger partial charge in [0.25, 0.3) is 0 Å². The Morgan fingerprint density at radius 1 is 1.57 bits per heavy atom. The highest BCUT2D eigenvalue weighted by molar-refractivity contribution is 7.98. The lowest BCUT2D eigenvalue weighted by atomic mass is 10.3. The quantitative estimate of drug-likeness (QED) is 0.688. The number of hydrogen-bond donors (Lipinski definition) is 1. The first-order valence-corrected chi connectivity index (χ1v) is 6.59. The van der Waals surface area contributed by atoms with Gasteiger partial charge in [0.1, 0.15) is 0 Å². The van der Waals surface area contributed by atoms with Crippen molar-refractivity contribution >= 4 is 17.7 Å². The largest absolute Gasteiger partial charge is 0.345 e. The van der Waals surface area contributed by atoms with E-state index < -0.39 is 0 Å². The highest BCUT2D eigenvalue weighted by atomic mass is 32.2. The first kappa shape index (κ1) is 11.9. The number of amides is 1. The molecule has 0 aromatic heterocycles. The monoisotopic (exact) mass is 216 g/mol. The number of rotatable bonds is 7. The third kappa shape index (κ3) is 4.86. The Labute approximate surface area is 90.6 Å². The first-order chi connectivity index (χ1) is 6.74. The Morgan fingerprint density at radius 3 is 2.86 bits per heavy atom. The zero-order chi connectivity index (χ0) is 10.4. The van der Waals surface area contributed by atoms with Crippen LogP contribution < -0.4 is 5.32 Å². The highest BCUT2D eigenvalue weighted by Gasteiger charge is 2.20. The van der Waals surface area contributed by atoms with E-state index in [0.29, 0.717) is 12.5 Å². The maximum Gasteiger partial charge on any atom is 0.223 e. The minimum atomic E-state index is 0.257. The molecule has 0 spiro atoms. The summed E-state index contributed by atoms with van der Waals surface area (Å²) >= 11 is 1.78. The molecule has 0 bridgehead atoms. The van der Waals surface area contributed by atoms with Crippen molar-refractivity contribution in [3.8, 4) is 0 Å². The van der Waals surface area contributed by atoms with E-state index in [2.05, 4.69) is 11.6 Å². The molecule has 0 unspecified atom stereocenters. The van der Waals surface area contributed by atoms with Gasteiger partial charge in [0.2, 0.25) is 5.91 Å². The first-order valence-electron chi connectivity index (χ1n) is 5.20. The molecule has 1 saturated carbocycles. The summed E-state index contributed by atoms with van der Waals surface area (Å²) in [5.74, 6) is 1.28. The molecule has 0 heterocycles. The van der Waals surface area contributed by atoms with E-state index in [1.165, 1.54) is 12.8 Å². The molecule has 4 heteroatoms. The molecular formula is C10H20N2OS. The second-order valence-corrected chi connectivity index (χ2v) is 4.77. The summed E-state index contributed by atoms with van der Waals surface area (Å²) in [5, 5.41) is 3.35. The van der Waals surface area contributed by atoms with E-state index in [1.807, 2.05) is 11.9 Å². The SMILES string of the molecule is CSCCN(C)C(=O)CCNC1CC1. The number of nitrogens with zero attached hydrogens (tertiary/aromatic N) is 1. The van der Waals surface area contributed by atoms with Gasteiger partial charge in [-0.05, 0) is 19.1 Å². The Morgan fingerprint density at radius 2 is 2.29 bits per heavy atom. The standard InChI is InChI=1S/C10H20N2OS/c1-12(7-8-14-2)10(13)5-6-11-9-3-4-9/h9,11H,3-8H2,1-2H3. The summed E-state index contributed by atoms with van der Waals surface area (Å²) < 4.78 is 0. The molecular weight excluding hydrogens is 196 g/mol. The normalized spacial score (nSPS) is 15.6. The lowest BCUT2D eigenvalue weighted by Crippen LogP contribution is -2.32. The van der Waals surface area contributed by atoms with Crippen LogP contribution in [0.15, 0.2) is 0 Å². The molecule has 0 atom stereocenters. The summed E-state index contributed by atoms with van der Waals surface area (Å²) in [6.07, 6.45) is 5.28. The van der Waals surface area contributed by atoms with Crippen molar-refractivity contribution in [3.63, 3.8) is 0 Å². The maximum absolute atomic E-state index is 11.5. The smallest absolute Gasteiger partial charge is 0.223 e. The molecule has 82 valence electrons. The van der Waals surface area contributed by atoms with Crippen molar-refractivity contribution in [2.45, 2.75) is 25.3 Å². The van der Waals surface area contributed by atoms with Gasteiger partial charge in [-0.25, -0.2) is 0 Å². The van der Waals surface area contributed by atoms with Gasteiger partial charge in [0.05, 0.1) is 0 Å². The zero-order valence-corrected chi connectivity index (χ0v) is 9.90. The highest BCUT2D eigenvalue weighted by Crippen LogP contribution is 2.18. The van der Waals surface area contributed by atoms with Crippen LogP contribution in [0.2, 0.25) is 0 Å². The van der Waals surface area contributed by atoms with Crippen molar-refractivity contribution in [1.82, 2.24) is 10.2 Å². The summed E-state index contributed by atoms with van der Waals surface area (Å²) in [7, 11) is 1.88. The number of thioether (sulfide) groups is 1. The molecule has 0 radical (unpaired) electrons. The van der Waals surface area contributed by atoms with Gasteiger partial charge >= 0.3 is 0 Å². The third-order valence-corrected chi connectivity index (χ3v) is 3.00. The van der Waals surface area contributed by atoms with E-state index in [-0.39, 0.29) is 5.91 Å². The average Bonchev–Trinajstić information content (AvgIpc) is 2.97. The number of nitrogens with one attached hydrogen (secondary N) is 1. The average molecular weight is 216 g/mol. The molecule has 1 N–H and O–H groups in total. The Kier molecular flexibility index (Phi) is 5.33. The molecule has 14 heavy (non-hydrogen) atoms. The zero-order valence-electron chi connectivity index (χ0n) is 9.08. The van der Waals surface area contributed by atoms with Gasteiger partial charge in [0, 0.05) is 38.4 Å². The van der Waals surface area contributed by atoms with Crippen LogP contribution >= 0.6 is 11.8 Å². The predicted octanol–water partition coefficient (Wildman–Crippen LogP) is 0.950. The molecule has 0 aromatic carbocycles. The molecule has 1 fully saturated rings. The van der Waals surface area contributed by atoms with Crippen LogP contribution in [0.5, 0.6) is 0 Å². The molecule has 0 aliphatic heterocycles. The van der Waals surface area contributed by atoms with Gasteiger partial charge < -0.3 is 10.2 Å². The minimum Gasteiger partial charge on any atom is -0.345 e. The molecule has 1 aliphatic rings. The van der Waals surface area contributed by atoms with Gasteiger partial charge in [0.15, 0.2) is 0 Å². The van der Waals surface area contributed by atoms with Crippen LogP contribution in [-0.4, -0.2) is 49.0 Å². The van der Waals surface area contributed by atoms with E-state index in [1.54, 1.807) is 11.8 Å². The van der Waals surface area contributed by atoms with E-state index >= 15 is 0 Å². The molecule has 0 saturated heterocycles. The molecule has 1 rings (SSSR count). The van der Waals surface area contributed by atoms with Crippen LogP contribution in [0.25, 0.3) is 0 Å². The number of hydrogen-bond acceptors (Lipinski definition) is 3. The minimum absolute atomic E-state index is 0.257. The Hall–Kier alpha value is -0.220. The molecule has 1 aliphatic carbocycles. The van der Waals surface area contributed by atoms with Crippen molar-refractivity contribution in [3.05, 3.63) is 0 Å². The second kappa shape index (κ2) is 6.30. The van der Waals surface area contributed by atoms with E-state index in [0.717, 1.165) is 18.8 Å². The Balaban J connectivity index is 2.00. The fourth-order valence-electron chi connectivity index (χ4n) is 1.21. The van der Waals surface area contributed by atoms with Gasteiger partial charge in [-0.2, -0.15) is 11.8 Å². The summed E-state index contributed by atoms with van der Waals surface area (Å²) in [6.45, 7) is 1.70. The Bertz CT molecular complexity index is 183. The van der Waals surface area contributed by atoms with Gasteiger partial charge in [-0.15, -0.1) is 0 Å². The van der Waals surface area contributed by atoms with Gasteiger partial charge in [-0.1, -0.05) is 0 Å². The summed E-state index contributed by atoms with van der Waals surface area (Å²) in [5.41, 5.74) is 0. The fourth-order valence-corrected chi connectivity index (χ4v) is 1.67. The van der Waals surface area contributed by atoms with Crippen molar-refractivity contribution in [2.75, 3.05) is 32.1 Å². The van der Waals surface area contributed by atoms with Crippen molar-refractivity contribution < 1.29 is 4.79 Å². The molecule has 3 nitrogen and oxygen atoms in total. The summed E-state index contributed by atoms with van der Waals surface area (Å²) in [6, 6.07) is 0.708. The van der Waals surface area contributed by atoms with E-state index in [9.17, 15) is 4.79 Å². The number of carbonyl (C=O) groups is 1. The second-order valence-electron chi connectivity index (χ2n) is 3.79. The topological polar surface area (TPSA) is 32.3 Å². The number of carbonyl (C=O) groups excluding carboxylic acids is 1. The van der Waals surface area contributed by atoms with Crippen molar-refractivity contribution in [2.24, 2.45) is 0 Å².